The molecule has 0 aliphatic rings. The van der Waals surface area contributed by atoms with Gasteiger partial charge in [0.05, 0.1) is 19.8 Å². The van der Waals surface area contributed by atoms with Crippen LogP contribution in [0.15, 0.2) is 18.2 Å². The van der Waals surface area contributed by atoms with Crippen molar-refractivity contribution in [2.24, 2.45) is 0 Å². The average Bonchev–Trinajstić information content (AvgIpc) is 2.51. The van der Waals surface area contributed by atoms with Crippen LogP contribution in [0.4, 0.5) is 0 Å². The second-order valence-corrected chi connectivity index (χ2v) is 4.09. The van der Waals surface area contributed by atoms with Crippen LogP contribution in [-0.4, -0.2) is 43.9 Å². The molecule has 0 spiro atoms. The van der Waals surface area contributed by atoms with Crippen LogP contribution in [0.25, 0.3) is 0 Å². The maximum absolute atomic E-state index is 12.0. The molecule has 0 saturated heterocycles. The highest BCUT2D eigenvalue weighted by molar-refractivity contribution is 5.97. The highest BCUT2D eigenvalue weighted by Crippen LogP contribution is 2.19. The van der Waals surface area contributed by atoms with Crippen molar-refractivity contribution in [1.29, 1.82) is 0 Å². The largest absolute Gasteiger partial charge is 0.495 e. The lowest BCUT2D eigenvalue weighted by atomic mass is 10.1. The van der Waals surface area contributed by atoms with Gasteiger partial charge in [-0.3, -0.25) is 4.79 Å². The van der Waals surface area contributed by atoms with E-state index in [0.29, 0.717) is 16.9 Å². The van der Waals surface area contributed by atoms with Crippen molar-refractivity contribution < 1.29 is 24.2 Å². The molecule has 0 aliphatic heterocycles. The molecule has 0 aliphatic carbocycles. The molecule has 1 aromatic rings. The number of carbonyl (C=O) groups excluding carboxylic acids is 2. The van der Waals surface area contributed by atoms with E-state index >= 15 is 0 Å². The molecule has 1 aromatic carbocycles. The molecule has 0 aromatic heterocycles. The minimum Gasteiger partial charge on any atom is -0.495 e. The third kappa shape index (κ3) is 4.51. The number of carbonyl (C=O) groups is 2. The second kappa shape index (κ2) is 7.92. The van der Waals surface area contributed by atoms with Gasteiger partial charge in [-0.25, -0.2) is 4.79 Å². The van der Waals surface area contributed by atoms with E-state index in [0.717, 1.165) is 0 Å². The number of methoxy groups -OCH3 is 2. The summed E-state index contributed by atoms with van der Waals surface area (Å²) in [4.78, 5) is 23.3. The number of hydrogen-bond donors (Lipinski definition) is 2. The van der Waals surface area contributed by atoms with E-state index in [1.807, 2.05) is 0 Å². The highest BCUT2D eigenvalue weighted by Gasteiger charge is 2.17. The molecular formula is C15H17NO5. The van der Waals surface area contributed by atoms with Gasteiger partial charge in [0.1, 0.15) is 18.4 Å². The Morgan fingerprint density at radius 1 is 1.38 bits per heavy atom. The topological polar surface area (TPSA) is 84.9 Å². The van der Waals surface area contributed by atoms with Crippen LogP contribution < -0.4 is 10.1 Å². The summed E-state index contributed by atoms with van der Waals surface area (Å²) in [6.07, 6.45) is 0. The molecule has 1 unspecified atom stereocenters. The molecule has 21 heavy (non-hydrogen) atoms. The molecule has 1 rings (SSSR count). The molecule has 0 saturated carbocycles. The summed E-state index contributed by atoms with van der Waals surface area (Å²) in [6, 6.07) is 3.93. The molecule has 1 amide bonds. The predicted molar refractivity (Wildman–Crippen MR) is 75.9 cm³/mol. The smallest absolute Gasteiger partial charge is 0.328 e. The van der Waals surface area contributed by atoms with Gasteiger partial charge < -0.3 is 19.9 Å². The Labute approximate surface area is 123 Å². The third-order valence-corrected chi connectivity index (χ3v) is 2.67. The first-order valence-corrected chi connectivity index (χ1v) is 6.20. The van der Waals surface area contributed by atoms with E-state index in [-0.39, 0.29) is 6.61 Å². The Morgan fingerprint density at radius 3 is 2.67 bits per heavy atom. The fourth-order valence-electron chi connectivity index (χ4n) is 1.60. The predicted octanol–water partition coefficient (Wildman–Crippen LogP) is 0.330. The van der Waals surface area contributed by atoms with Gasteiger partial charge >= 0.3 is 5.97 Å². The van der Waals surface area contributed by atoms with Gasteiger partial charge in [0.15, 0.2) is 0 Å². The maximum atomic E-state index is 12.0. The number of benzene rings is 1. The van der Waals surface area contributed by atoms with Crippen LogP contribution in [0.3, 0.4) is 0 Å². The lowest BCUT2D eigenvalue weighted by Crippen LogP contribution is -2.39. The molecule has 1 atom stereocenters. The van der Waals surface area contributed by atoms with Crippen molar-refractivity contribution in [2.75, 3.05) is 20.8 Å². The number of aliphatic hydroxyl groups excluding tert-OH is 1. The highest BCUT2D eigenvalue weighted by atomic mass is 16.5. The molecule has 2 N–H and O–H groups in total. The first-order valence-electron chi connectivity index (χ1n) is 6.20. The second-order valence-electron chi connectivity index (χ2n) is 4.09. The summed E-state index contributed by atoms with van der Waals surface area (Å²) in [5.74, 6) is 4.73. The Hall–Kier alpha value is -2.52. The zero-order valence-corrected chi connectivity index (χ0v) is 12.1. The lowest BCUT2D eigenvalue weighted by molar-refractivity contribution is -0.142. The number of nitrogens with one attached hydrogen (secondary N) is 1. The summed E-state index contributed by atoms with van der Waals surface area (Å²) < 4.78 is 9.66. The third-order valence-electron chi connectivity index (χ3n) is 2.67. The van der Waals surface area contributed by atoms with Gasteiger partial charge in [0.25, 0.3) is 5.91 Å². The van der Waals surface area contributed by atoms with Crippen LogP contribution >= 0.6 is 0 Å². The van der Waals surface area contributed by atoms with E-state index in [9.17, 15) is 9.59 Å². The van der Waals surface area contributed by atoms with Gasteiger partial charge in [-0.1, -0.05) is 11.8 Å². The van der Waals surface area contributed by atoms with Gasteiger partial charge in [-0.05, 0) is 25.1 Å². The molecule has 0 radical (unpaired) electrons. The maximum Gasteiger partial charge on any atom is 0.328 e. The number of aliphatic hydroxyl groups is 1. The van der Waals surface area contributed by atoms with Crippen molar-refractivity contribution >= 4 is 11.9 Å². The van der Waals surface area contributed by atoms with Crippen LogP contribution in [0.2, 0.25) is 0 Å². The van der Waals surface area contributed by atoms with E-state index in [2.05, 4.69) is 21.9 Å². The minimum absolute atomic E-state index is 0.293. The summed E-state index contributed by atoms with van der Waals surface area (Å²) in [5.41, 5.74) is 0.804. The zero-order chi connectivity index (χ0) is 15.8. The van der Waals surface area contributed by atoms with Crippen LogP contribution in [-0.2, 0) is 9.53 Å². The van der Waals surface area contributed by atoms with Crippen molar-refractivity contribution in [1.82, 2.24) is 5.32 Å². The van der Waals surface area contributed by atoms with Crippen molar-refractivity contribution in [3.05, 3.63) is 29.3 Å². The number of amides is 1. The molecule has 6 heteroatoms. The summed E-state index contributed by atoms with van der Waals surface area (Å²) in [7, 11) is 2.74. The van der Waals surface area contributed by atoms with E-state index in [4.69, 9.17) is 9.84 Å². The standard InChI is InChI=1S/C15H17NO5/c1-10(15(19)21-3)16-14(18)12-6-7-13(20-2)11(9-12)5-4-8-17/h6-7,9-10,17H,8H2,1-3H3,(H,16,18). The Bertz CT molecular complexity index is 585. The SMILES string of the molecule is COC(=O)C(C)NC(=O)c1ccc(OC)c(C#CCO)c1. The number of hydrogen-bond acceptors (Lipinski definition) is 5. The van der Waals surface area contributed by atoms with Crippen molar-refractivity contribution in [2.45, 2.75) is 13.0 Å². The number of ether oxygens (including phenoxy) is 2. The Morgan fingerprint density at radius 2 is 2.10 bits per heavy atom. The number of esters is 1. The quantitative estimate of drug-likeness (QED) is 0.617. The minimum atomic E-state index is -0.753. The molecule has 0 bridgehead atoms. The monoisotopic (exact) mass is 291 g/mol. The molecule has 0 heterocycles. The van der Waals surface area contributed by atoms with Crippen molar-refractivity contribution in [3.8, 4) is 17.6 Å². The van der Waals surface area contributed by atoms with Crippen LogP contribution in [0, 0.1) is 11.8 Å². The van der Waals surface area contributed by atoms with E-state index in [1.54, 1.807) is 12.1 Å². The van der Waals surface area contributed by atoms with Crippen molar-refractivity contribution in [3.63, 3.8) is 0 Å². The van der Waals surface area contributed by atoms with Gasteiger partial charge in [0, 0.05) is 5.56 Å². The molecule has 112 valence electrons. The van der Waals surface area contributed by atoms with Gasteiger partial charge in [0.2, 0.25) is 0 Å². The Kier molecular flexibility index (Phi) is 6.24. The van der Waals surface area contributed by atoms with E-state index in [1.165, 1.54) is 27.2 Å². The first kappa shape index (κ1) is 16.5. The van der Waals surface area contributed by atoms with Crippen LogP contribution in [0.5, 0.6) is 5.75 Å². The fraction of sp³-hybridized carbons (Fsp3) is 0.333. The molecule has 6 nitrogen and oxygen atoms in total. The lowest BCUT2D eigenvalue weighted by Gasteiger charge is -2.12. The summed E-state index contributed by atoms with van der Waals surface area (Å²) in [5, 5.41) is 11.2. The average molecular weight is 291 g/mol. The first-order chi connectivity index (χ1) is 10.0. The number of rotatable bonds is 4. The Balaban J connectivity index is 2.98. The normalized spacial score (nSPS) is 10.9. The molecular weight excluding hydrogens is 274 g/mol. The summed E-state index contributed by atoms with van der Waals surface area (Å²) >= 11 is 0. The fourth-order valence-corrected chi connectivity index (χ4v) is 1.60. The molecule has 0 fully saturated rings. The van der Waals surface area contributed by atoms with Crippen LogP contribution in [0.1, 0.15) is 22.8 Å². The van der Waals surface area contributed by atoms with Gasteiger partial charge in [-0.15, -0.1) is 0 Å². The summed E-state index contributed by atoms with van der Waals surface area (Å²) in [6.45, 7) is 1.23. The van der Waals surface area contributed by atoms with Gasteiger partial charge in [-0.2, -0.15) is 0 Å². The van der Waals surface area contributed by atoms with E-state index < -0.39 is 17.9 Å². The zero-order valence-electron chi connectivity index (χ0n) is 12.1.